The van der Waals surface area contributed by atoms with Crippen LogP contribution in [-0.4, -0.2) is 34.5 Å². The Morgan fingerprint density at radius 1 is 1.00 bits per heavy atom. The van der Waals surface area contributed by atoms with Crippen molar-refractivity contribution >= 4 is 5.82 Å². The molecule has 0 N–H and O–H groups in total. The van der Waals surface area contributed by atoms with Crippen molar-refractivity contribution in [3.63, 3.8) is 0 Å². The monoisotopic (exact) mass is 308 g/mol. The smallest absolute Gasteiger partial charge is 0.135 e. The normalized spacial score (nSPS) is 18.2. The average molecular weight is 308 g/mol. The number of hydrogen-bond acceptors (Lipinski definition) is 4. The summed E-state index contributed by atoms with van der Waals surface area (Å²) < 4.78 is 0. The first-order valence-corrected chi connectivity index (χ1v) is 8.67. The maximum absolute atomic E-state index is 4.77. The van der Waals surface area contributed by atoms with Crippen LogP contribution in [0.25, 0.3) is 0 Å². The van der Waals surface area contributed by atoms with Crippen molar-refractivity contribution in [3.8, 4) is 0 Å². The molecule has 2 aliphatic heterocycles. The van der Waals surface area contributed by atoms with E-state index < -0.39 is 0 Å². The van der Waals surface area contributed by atoms with E-state index in [1.807, 2.05) is 6.92 Å². The molecular weight excluding hydrogens is 284 g/mol. The Morgan fingerprint density at radius 3 is 2.57 bits per heavy atom. The van der Waals surface area contributed by atoms with Crippen molar-refractivity contribution in [2.45, 2.75) is 39.3 Å². The first-order valence-electron chi connectivity index (χ1n) is 8.67. The molecule has 1 fully saturated rings. The zero-order valence-corrected chi connectivity index (χ0v) is 13.8. The molecule has 120 valence electrons. The average Bonchev–Trinajstić information content (AvgIpc) is 3.09. The summed E-state index contributed by atoms with van der Waals surface area (Å²) in [6.45, 7) is 7.36. The zero-order chi connectivity index (χ0) is 15.6. The highest BCUT2D eigenvalue weighted by Gasteiger charge is 2.25. The highest BCUT2D eigenvalue weighted by molar-refractivity contribution is 5.51. The molecule has 1 aromatic heterocycles. The van der Waals surface area contributed by atoms with Gasteiger partial charge in [-0.3, -0.25) is 4.90 Å². The largest absolute Gasteiger partial charge is 0.356 e. The van der Waals surface area contributed by atoms with Crippen LogP contribution >= 0.6 is 0 Å². The van der Waals surface area contributed by atoms with E-state index in [0.29, 0.717) is 0 Å². The van der Waals surface area contributed by atoms with Crippen molar-refractivity contribution in [1.82, 2.24) is 14.9 Å². The van der Waals surface area contributed by atoms with Gasteiger partial charge in [-0.25, -0.2) is 9.97 Å². The van der Waals surface area contributed by atoms with Crippen LogP contribution in [0.1, 0.15) is 35.5 Å². The van der Waals surface area contributed by atoms with Gasteiger partial charge in [-0.15, -0.1) is 0 Å². The summed E-state index contributed by atoms with van der Waals surface area (Å²) in [7, 11) is 0. The van der Waals surface area contributed by atoms with Crippen molar-refractivity contribution in [2.24, 2.45) is 0 Å². The standard InChI is InChI=1S/C19H24N4/c1-15-20-18-14-22(13-16-7-3-2-4-8-16)12-9-17(18)19(21-15)23-10-5-6-11-23/h2-4,7-8H,5-6,9-14H2,1H3. The fourth-order valence-electron chi connectivity index (χ4n) is 3.75. The van der Waals surface area contributed by atoms with Crippen LogP contribution in [0.4, 0.5) is 5.82 Å². The molecule has 4 nitrogen and oxygen atoms in total. The minimum atomic E-state index is 0.909. The Bertz CT molecular complexity index is 677. The lowest BCUT2D eigenvalue weighted by atomic mass is 10.0. The lowest BCUT2D eigenvalue weighted by Crippen LogP contribution is -2.33. The molecule has 23 heavy (non-hydrogen) atoms. The Hall–Kier alpha value is -1.94. The van der Waals surface area contributed by atoms with Gasteiger partial charge in [0.2, 0.25) is 0 Å². The summed E-state index contributed by atoms with van der Waals surface area (Å²) in [4.78, 5) is 14.5. The maximum atomic E-state index is 4.77. The lowest BCUT2D eigenvalue weighted by molar-refractivity contribution is 0.241. The lowest BCUT2D eigenvalue weighted by Gasteiger charge is -2.31. The Labute approximate surface area is 138 Å². The quantitative estimate of drug-likeness (QED) is 0.872. The van der Waals surface area contributed by atoms with Gasteiger partial charge < -0.3 is 4.90 Å². The van der Waals surface area contributed by atoms with Gasteiger partial charge in [0.25, 0.3) is 0 Å². The van der Waals surface area contributed by atoms with Gasteiger partial charge in [0.1, 0.15) is 11.6 Å². The molecule has 3 heterocycles. The van der Waals surface area contributed by atoms with Gasteiger partial charge in [-0.2, -0.15) is 0 Å². The highest BCUT2D eigenvalue weighted by atomic mass is 15.2. The second-order valence-corrected chi connectivity index (χ2v) is 6.66. The number of anilines is 1. The van der Waals surface area contributed by atoms with E-state index in [4.69, 9.17) is 9.97 Å². The zero-order valence-electron chi connectivity index (χ0n) is 13.8. The van der Waals surface area contributed by atoms with Crippen LogP contribution in [0.3, 0.4) is 0 Å². The van der Waals surface area contributed by atoms with Crippen LogP contribution in [0, 0.1) is 6.92 Å². The maximum Gasteiger partial charge on any atom is 0.135 e. The van der Waals surface area contributed by atoms with Crippen molar-refractivity contribution in [3.05, 3.63) is 53.0 Å². The van der Waals surface area contributed by atoms with E-state index in [0.717, 1.165) is 45.0 Å². The number of fused-ring (bicyclic) bond motifs is 1. The molecule has 0 spiro atoms. The number of aromatic nitrogens is 2. The van der Waals surface area contributed by atoms with E-state index >= 15 is 0 Å². The van der Waals surface area contributed by atoms with Gasteiger partial charge in [0.05, 0.1) is 5.69 Å². The number of hydrogen-bond donors (Lipinski definition) is 0. The summed E-state index contributed by atoms with van der Waals surface area (Å²) in [6, 6.07) is 10.7. The molecule has 2 aliphatic rings. The molecule has 0 aliphatic carbocycles. The molecule has 0 radical (unpaired) electrons. The second kappa shape index (κ2) is 6.28. The number of aryl methyl sites for hydroxylation is 1. The van der Waals surface area contributed by atoms with Crippen LogP contribution in [0.5, 0.6) is 0 Å². The van der Waals surface area contributed by atoms with E-state index in [9.17, 15) is 0 Å². The Kier molecular flexibility index (Phi) is 4.00. The van der Waals surface area contributed by atoms with E-state index in [1.165, 1.54) is 35.5 Å². The summed E-state index contributed by atoms with van der Waals surface area (Å²) in [5.41, 5.74) is 4.00. The molecule has 1 saturated heterocycles. The molecule has 0 saturated carbocycles. The van der Waals surface area contributed by atoms with Gasteiger partial charge in [0.15, 0.2) is 0 Å². The highest BCUT2D eigenvalue weighted by Crippen LogP contribution is 2.29. The molecule has 4 rings (SSSR count). The molecule has 4 heteroatoms. The van der Waals surface area contributed by atoms with Crippen molar-refractivity contribution in [2.75, 3.05) is 24.5 Å². The predicted octanol–water partition coefficient (Wildman–Crippen LogP) is 2.94. The fourth-order valence-corrected chi connectivity index (χ4v) is 3.75. The molecule has 0 amide bonds. The summed E-state index contributed by atoms with van der Waals surface area (Å²) in [5.74, 6) is 2.12. The van der Waals surface area contributed by atoms with Crippen LogP contribution in [-0.2, 0) is 19.5 Å². The number of benzene rings is 1. The third kappa shape index (κ3) is 3.08. The van der Waals surface area contributed by atoms with E-state index in [2.05, 4.69) is 40.1 Å². The minimum Gasteiger partial charge on any atom is -0.356 e. The summed E-state index contributed by atoms with van der Waals surface area (Å²) >= 11 is 0. The van der Waals surface area contributed by atoms with E-state index in [1.54, 1.807) is 0 Å². The Morgan fingerprint density at radius 2 is 1.78 bits per heavy atom. The van der Waals surface area contributed by atoms with E-state index in [-0.39, 0.29) is 0 Å². The van der Waals surface area contributed by atoms with Gasteiger partial charge >= 0.3 is 0 Å². The van der Waals surface area contributed by atoms with Crippen LogP contribution < -0.4 is 4.90 Å². The number of nitrogens with zero attached hydrogens (tertiary/aromatic N) is 4. The molecule has 0 bridgehead atoms. The summed E-state index contributed by atoms with van der Waals surface area (Å²) in [5, 5.41) is 0. The topological polar surface area (TPSA) is 32.3 Å². The van der Waals surface area contributed by atoms with Crippen LogP contribution in [0.2, 0.25) is 0 Å². The SMILES string of the molecule is Cc1nc2c(c(N3CCCC3)n1)CCN(Cc1ccccc1)C2. The molecule has 0 atom stereocenters. The molecule has 2 aromatic rings. The first-order chi connectivity index (χ1) is 11.3. The predicted molar refractivity (Wildman–Crippen MR) is 92.5 cm³/mol. The van der Waals surface area contributed by atoms with Gasteiger partial charge in [-0.1, -0.05) is 30.3 Å². The van der Waals surface area contributed by atoms with Crippen molar-refractivity contribution < 1.29 is 0 Å². The molecule has 1 aromatic carbocycles. The molecule has 0 unspecified atom stereocenters. The number of rotatable bonds is 3. The second-order valence-electron chi connectivity index (χ2n) is 6.66. The third-order valence-electron chi connectivity index (χ3n) is 4.89. The van der Waals surface area contributed by atoms with Crippen molar-refractivity contribution in [1.29, 1.82) is 0 Å². The molecular formula is C19H24N4. The Balaban J connectivity index is 1.57. The van der Waals surface area contributed by atoms with Gasteiger partial charge in [-0.05, 0) is 31.7 Å². The minimum absolute atomic E-state index is 0.909. The van der Waals surface area contributed by atoms with Crippen LogP contribution in [0.15, 0.2) is 30.3 Å². The van der Waals surface area contributed by atoms with Gasteiger partial charge in [0, 0.05) is 38.3 Å². The third-order valence-corrected chi connectivity index (χ3v) is 4.89. The first kappa shape index (κ1) is 14.6. The summed E-state index contributed by atoms with van der Waals surface area (Å²) in [6.07, 6.45) is 3.64. The fraction of sp³-hybridized carbons (Fsp3) is 0.474.